The number of para-hydroxylation sites is 1. The van der Waals surface area contributed by atoms with Gasteiger partial charge in [0.1, 0.15) is 5.75 Å². The number of anilines is 1. The molecule has 7 heteroatoms. The second-order valence-corrected chi connectivity index (χ2v) is 5.37. The largest absolute Gasteiger partial charge is 0.507 e. The van der Waals surface area contributed by atoms with E-state index in [0.29, 0.717) is 23.0 Å². The third-order valence-corrected chi connectivity index (χ3v) is 3.61. The van der Waals surface area contributed by atoms with Crippen LogP contribution in [0.3, 0.4) is 0 Å². The van der Waals surface area contributed by atoms with Crippen LogP contribution in [-0.4, -0.2) is 28.9 Å². The van der Waals surface area contributed by atoms with Crippen molar-refractivity contribution in [3.8, 4) is 5.75 Å². The van der Waals surface area contributed by atoms with E-state index in [1.54, 1.807) is 18.4 Å². The number of carbonyl (C=O) groups excluding carboxylic acids is 1. The van der Waals surface area contributed by atoms with Crippen LogP contribution < -0.4 is 5.43 Å². The first-order valence-corrected chi connectivity index (χ1v) is 7.65. The number of esters is 1. The molecule has 0 aliphatic heterocycles. The molecule has 0 atom stereocenters. The normalized spacial score (nSPS) is 10.8. The summed E-state index contributed by atoms with van der Waals surface area (Å²) in [4.78, 5) is 15.6. The van der Waals surface area contributed by atoms with Crippen LogP contribution in [0, 0.1) is 6.92 Å². The van der Waals surface area contributed by atoms with Crippen molar-refractivity contribution in [2.75, 3.05) is 12.0 Å². The minimum absolute atomic E-state index is 0.147. The van der Waals surface area contributed by atoms with Gasteiger partial charge in [-0.2, -0.15) is 5.10 Å². The summed E-state index contributed by atoms with van der Waals surface area (Å²) in [5.41, 5.74) is 4.83. The monoisotopic (exact) mass is 319 g/mol. The van der Waals surface area contributed by atoms with E-state index in [1.165, 1.54) is 17.6 Å². The van der Waals surface area contributed by atoms with E-state index < -0.39 is 0 Å². The van der Waals surface area contributed by atoms with Gasteiger partial charge in [-0.1, -0.05) is 12.1 Å². The Morgan fingerprint density at radius 2 is 2.36 bits per heavy atom. The molecular formula is C15H17N3O3S. The Labute approximate surface area is 132 Å². The van der Waals surface area contributed by atoms with Gasteiger partial charge in [-0.3, -0.25) is 10.2 Å². The molecule has 22 heavy (non-hydrogen) atoms. The summed E-state index contributed by atoms with van der Waals surface area (Å²) < 4.78 is 4.87. The summed E-state index contributed by atoms with van der Waals surface area (Å²) in [5, 5.41) is 16.3. The van der Waals surface area contributed by atoms with Crippen molar-refractivity contribution in [1.82, 2.24) is 4.98 Å². The number of rotatable bonds is 6. The standard InChI is InChI=1S/C15H17N3O3S/c1-3-21-13(19)7-12-9-22-15(17-12)18-16-8-11-6-4-5-10(2)14(11)20/h4-6,8-9,20H,3,7H2,1-2H3,(H,17,18). The van der Waals surface area contributed by atoms with Crippen LogP contribution in [0.15, 0.2) is 28.7 Å². The number of aromatic nitrogens is 1. The van der Waals surface area contributed by atoms with Crippen molar-refractivity contribution in [2.24, 2.45) is 5.10 Å². The molecule has 0 fully saturated rings. The molecular weight excluding hydrogens is 302 g/mol. The summed E-state index contributed by atoms with van der Waals surface area (Å²) in [6.07, 6.45) is 1.67. The molecule has 1 heterocycles. The smallest absolute Gasteiger partial charge is 0.311 e. The van der Waals surface area contributed by atoms with E-state index in [-0.39, 0.29) is 18.1 Å². The molecule has 0 amide bonds. The van der Waals surface area contributed by atoms with Crippen LogP contribution in [0.25, 0.3) is 0 Å². The quantitative estimate of drug-likeness (QED) is 0.486. The lowest BCUT2D eigenvalue weighted by atomic mass is 10.1. The van der Waals surface area contributed by atoms with Gasteiger partial charge in [0.25, 0.3) is 0 Å². The average Bonchev–Trinajstić information content (AvgIpc) is 2.91. The van der Waals surface area contributed by atoms with Gasteiger partial charge in [0, 0.05) is 10.9 Å². The average molecular weight is 319 g/mol. The van der Waals surface area contributed by atoms with E-state index in [9.17, 15) is 9.90 Å². The lowest BCUT2D eigenvalue weighted by molar-refractivity contribution is -0.142. The van der Waals surface area contributed by atoms with E-state index in [2.05, 4.69) is 15.5 Å². The summed E-state index contributed by atoms with van der Waals surface area (Å²) in [5.74, 6) is -0.0947. The number of phenolic OH excluding ortho intramolecular Hbond substituents is 1. The zero-order valence-corrected chi connectivity index (χ0v) is 13.2. The highest BCUT2D eigenvalue weighted by molar-refractivity contribution is 7.13. The number of ether oxygens (including phenoxy) is 1. The van der Waals surface area contributed by atoms with Crippen molar-refractivity contribution < 1.29 is 14.6 Å². The molecule has 0 bridgehead atoms. The molecule has 0 spiro atoms. The number of aryl methyl sites for hydroxylation is 1. The van der Waals surface area contributed by atoms with Crippen LogP contribution in [0.5, 0.6) is 5.75 Å². The van der Waals surface area contributed by atoms with Gasteiger partial charge >= 0.3 is 5.97 Å². The maximum absolute atomic E-state index is 11.4. The first-order valence-electron chi connectivity index (χ1n) is 6.77. The van der Waals surface area contributed by atoms with Crippen molar-refractivity contribution in [3.05, 3.63) is 40.4 Å². The van der Waals surface area contributed by atoms with E-state index >= 15 is 0 Å². The zero-order chi connectivity index (χ0) is 15.9. The number of hydrogen-bond donors (Lipinski definition) is 2. The van der Waals surface area contributed by atoms with E-state index in [1.807, 2.05) is 19.1 Å². The predicted molar refractivity (Wildman–Crippen MR) is 86.5 cm³/mol. The molecule has 1 aromatic heterocycles. The predicted octanol–water partition coefficient (Wildman–Crippen LogP) is 2.71. The molecule has 0 saturated carbocycles. The van der Waals surface area contributed by atoms with Gasteiger partial charge in [-0.25, -0.2) is 4.98 Å². The second kappa shape index (κ2) is 7.56. The number of thiazole rings is 1. The molecule has 0 saturated heterocycles. The second-order valence-electron chi connectivity index (χ2n) is 4.51. The Morgan fingerprint density at radius 1 is 1.55 bits per heavy atom. The molecule has 0 aliphatic rings. The number of nitrogens with one attached hydrogen (secondary N) is 1. The summed E-state index contributed by atoms with van der Waals surface area (Å²) >= 11 is 1.35. The molecule has 116 valence electrons. The van der Waals surface area contributed by atoms with Crippen molar-refractivity contribution in [2.45, 2.75) is 20.3 Å². The highest BCUT2D eigenvalue weighted by Crippen LogP contribution is 2.20. The van der Waals surface area contributed by atoms with E-state index in [0.717, 1.165) is 5.56 Å². The maximum atomic E-state index is 11.4. The summed E-state index contributed by atoms with van der Waals surface area (Å²) in [6.45, 7) is 3.95. The molecule has 0 aliphatic carbocycles. The lowest BCUT2D eigenvalue weighted by Crippen LogP contribution is -2.07. The van der Waals surface area contributed by atoms with Crippen LogP contribution in [0.2, 0.25) is 0 Å². The van der Waals surface area contributed by atoms with Crippen LogP contribution in [0.4, 0.5) is 5.13 Å². The number of aromatic hydroxyl groups is 1. The first-order chi connectivity index (χ1) is 10.6. The maximum Gasteiger partial charge on any atom is 0.311 e. The minimum atomic E-state index is -0.299. The molecule has 2 aromatic rings. The van der Waals surface area contributed by atoms with Gasteiger partial charge < -0.3 is 9.84 Å². The first kappa shape index (κ1) is 16.0. The Bertz CT molecular complexity index is 682. The molecule has 2 N–H and O–H groups in total. The van der Waals surface area contributed by atoms with Crippen LogP contribution in [0.1, 0.15) is 23.7 Å². The Balaban J connectivity index is 1.94. The highest BCUT2D eigenvalue weighted by atomic mass is 32.1. The van der Waals surface area contributed by atoms with E-state index in [4.69, 9.17) is 4.74 Å². The van der Waals surface area contributed by atoms with Crippen molar-refractivity contribution in [1.29, 1.82) is 0 Å². The molecule has 0 radical (unpaired) electrons. The Kier molecular flexibility index (Phi) is 5.48. The van der Waals surface area contributed by atoms with Crippen molar-refractivity contribution >= 4 is 28.7 Å². The fraction of sp³-hybridized carbons (Fsp3) is 0.267. The minimum Gasteiger partial charge on any atom is -0.507 e. The lowest BCUT2D eigenvalue weighted by Gasteiger charge is -2.01. The fourth-order valence-electron chi connectivity index (χ4n) is 1.74. The SMILES string of the molecule is CCOC(=O)Cc1csc(NN=Cc2cccc(C)c2O)n1. The van der Waals surface area contributed by atoms with Crippen LogP contribution >= 0.6 is 11.3 Å². The fourth-order valence-corrected chi connectivity index (χ4v) is 2.40. The molecule has 2 rings (SSSR count). The molecule has 1 aromatic carbocycles. The van der Waals surface area contributed by atoms with Gasteiger partial charge in [0.05, 0.1) is 24.9 Å². The van der Waals surface area contributed by atoms with Gasteiger partial charge in [0.15, 0.2) is 0 Å². The Hall–Kier alpha value is -2.41. The topological polar surface area (TPSA) is 83.8 Å². The number of benzene rings is 1. The van der Waals surface area contributed by atoms with Gasteiger partial charge in [-0.15, -0.1) is 11.3 Å². The highest BCUT2D eigenvalue weighted by Gasteiger charge is 2.08. The van der Waals surface area contributed by atoms with Crippen LogP contribution in [-0.2, 0) is 16.0 Å². The number of hydrogen-bond acceptors (Lipinski definition) is 7. The van der Waals surface area contributed by atoms with Gasteiger partial charge in [-0.05, 0) is 25.5 Å². The van der Waals surface area contributed by atoms with Gasteiger partial charge in [0.2, 0.25) is 5.13 Å². The molecule has 0 unspecified atom stereocenters. The third-order valence-electron chi connectivity index (χ3n) is 2.82. The summed E-state index contributed by atoms with van der Waals surface area (Å²) in [6, 6.07) is 5.43. The van der Waals surface area contributed by atoms with Crippen molar-refractivity contribution in [3.63, 3.8) is 0 Å². The zero-order valence-electron chi connectivity index (χ0n) is 12.4. The third kappa shape index (κ3) is 4.29. The molecule has 6 nitrogen and oxygen atoms in total. The number of phenols is 1. The Morgan fingerprint density at radius 3 is 3.14 bits per heavy atom. The number of nitrogens with zero attached hydrogens (tertiary/aromatic N) is 2. The summed E-state index contributed by atoms with van der Waals surface area (Å²) in [7, 11) is 0. The number of carbonyl (C=O) groups is 1. The number of hydrazone groups is 1.